The van der Waals surface area contributed by atoms with Crippen LogP contribution in [0.25, 0.3) is 11.5 Å². The van der Waals surface area contributed by atoms with Gasteiger partial charge in [-0.05, 0) is 48.5 Å². The average Bonchev–Trinajstić information content (AvgIpc) is 3.37. The number of sulfone groups is 1. The van der Waals surface area contributed by atoms with Crippen LogP contribution in [0.2, 0.25) is 0 Å². The molecule has 2 heterocycles. The molecule has 0 fully saturated rings. The van der Waals surface area contributed by atoms with E-state index in [1.165, 1.54) is 12.1 Å². The molecular weight excluding hydrogens is 444 g/mol. The van der Waals surface area contributed by atoms with Crippen molar-refractivity contribution < 1.29 is 17.3 Å². The van der Waals surface area contributed by atoms with Gasteiger partial charge in [0, 0.05) is 10.0 Å². The first-order valence-electron chi connectivity index (χ1n) is 8.37. The number of rotatable bonds is 6. The third kappa shape index (κ3) is 3.74. The van der Waals surface area contributed by atoms with Crippen molar-refractivity contribution in [3.05, 3.63) is 83.2 Å². The summed E-state index contributed by atoms with van der Waals surface area (Å²) in [5.74, 6) is 0.932. The second-order valence-corrected chi connectivity index (χ2v) is 8.69. The van der Waals surface area contributed by atoms with Gasteiger partial charge in [0.1, 0.15) is 5.76 Å². The van der Waals surface area contributed by atoms with Crippen LogP contribution in [0.1, 0.15) is 5.76 Å². The predicted octanol–water partition coefficient (Wildman–Crippen LogP) is 5.14. The van der Waals surface area contributed by atoms with Crippen LogP contribution in [0.15, 0.2) is 96.2 Å². The fourth-order valence-corrected chi connectivity index (χ4v) is 4.15. The highest BCUT2D eigenvalue weighted by Gasteiger charge is 2.28. The summed E-state index contributed by atoms with van der Waals surface area (Å²) in [5, 5.41) is 2.82. The number of hydrogen-bond acceptors (Lipinski definition) is 6. The third-order valence-corrected chi connectivity index (χ3v) is 6.21. The third-order valence-electron chi connectivity index (χ3n) is 4.00. The number of hydrogen-bond donors (Lipinski definition) is 1. The fraction of sp³-hybridized carbons (Fsp3) is 0.0500. The lowest BCUT2D eigenvalue weighted by Crippen LogP contribution is -2.07. The lowest BCUT2D eigenvalue weighted by Gasteiger charge is -2.05. The first kappa shape index (κ1) is 18.5. The van der Waals surface area contributed by atoms with Crippen molar-refractivity contribution in [2.24, 2.45) is 0 Å². The van der Waals surface area contributed by atoms with Gasteiger partial charge in [-0.25, -0.2) is 8.42 Å². The van der Waals surface area contributed by atoms with Gasteiger partial charge >= 0.3 is 0 Å². The molecule has 0 amide bonds. The van der Waals surface area contributed by atoms with E-state index in [1.54, 1.807) is 42.7 Å². The van der Waals surface area contributed by atoms with Gasteiger partial charge in [-0.1, -0.05) is 34.1 Å². The molecule has 6 nitrogen and oxygen atoms in total. The van der Waals surface area contributed by atoms with Gasteiger partial charge in [0.25, 0.3) is 0 Å². The second-order valence-electron chi connectivity index (χ2n) is 5.91. The van der Waals surface area contributed by atoms with Crippen molar-refractivity contribution in [3.63, 3.8) is 0 Å². The lowest BCUT2D eigenvalue weighted by molar-refractivity contribution is 0.511. The van der Waals surface area contributed by atoms with Crippen molar-refractivity contribution >= 4 is 31.7 Å². The Bertz CT molecular complexity index is 1170. The first-order valence-corrected chi connectivity index (χ1v) is 10.6. The smallest absolute Gasteiger partial charge is 0.234 e. The Hall–Kier alpha value is -2.84. The molecule has 8 heteroatoms. The van der Waals surface area contributed by atoms with Crippen LogP contribution in [-0.2, 0) is 16.4 Å². The molecule has 2 aromatic heterocycles. The quantitative estimate of drug-likeness (QED) is 0.430. The molecule has 1 N–H and O–H groups in total. The zero-order chi connectivity index (χ0) is 19.6. The monoisotopic (exact) mass is 458 g/mol. The Morgan fingerprint density at radius 3 is 2.39 bits per heavy atom. The Balaban J connectivity index is 1.77. The standard InChI is InChI=1S/C20H15BrN2O4S/c21-15-8-10-17(11-9-15)28(24,25)20-19(22-13-16-7-4-12-26-16)27-18(23-20)14-5-2-1-3-6-14/h1-12,22H,13H2. The van der Waals surface area contributed by atoms with Gasteiger partial charge in [0.15, 0.2) is 0 Å². The maximum absolute atomic E-state index is 13.2. The largest absolute Gasteiger partial charge is 0.467 e. The van der Waals surface area contributed by atoms with E-state index in [4.69, 9.17) is 8.83 Å². The number of furan rings is 1. The summed E-state index contributed by atoms with van der Waals surface area (Å²) in [5.41, 5.74) is 0.681. The summed E-state index contributed by atoms with van der Waals surface area (Å²) in [4.78, 5) is 4.42. The second kappa shape index (κ2) is 7.65. The molecule has 0 aliphatic carbocycles. The number of halogens is 1. The number of aromatic nitrogens is 1. The highest BCUT2D eigenvalue weighted by molar-refractivity contribution is 9.10. The lowest BCUT2D eigenvalue weighted by atomic mass is 10.2. The van der Waals surface area contributed by atoms with Gasteiger partial charge in [0.05, 0.1) is 17.7 Å². The number of nitrogens with zero attached hydrogens (tertiary/aromatic N) is 1. The zero-order valence-electron chi connectivity index (χ0n) is 14.5. The molecule has 0 saturated carbocycles. The van der Waals surface area contributed by atoms with Crippen LogP contribution in [0.4, 0.5) is 5.88 Å². The topological polar surface area (TPSA) is 85.3 Å². The van der Waals surface area contributed by atoms with Crippen LogP contribution >= 0.6 is 15.9 Å². The van der Waals surface area contributed by atoms with Crippen molar-refractivity contribution in [1.29, 1.82) is 0 Å². The van der Waals surface area contributed by atoms with Crippen LogP contribution in [-0.4, -0.2) is 13.4 Å². The van der Waals surface area contributed by atoms with E-state index in [0.717, 1.165) is 4.47 Å². The Labute approximate surface area is 170 Å². The molecule has 0 spiro atoms. The van der Waals surface area contributed by atoms with E-state index < -0.39 is 9.84 Å². The van der Waals surface area contributed by atoms with E-state index in [0.29, 0.717) is 11.3 Å². The number of anilines is 1. The molecule has 0 radical (unpaired) electrons. The highest BCUT2D eigenvalue weighted by Crippen LogP contribution is 2.33. The first-order chi connectivity index (χ1) is 13.5. The van der Waals surface area contributed by atoms with Gasteiger partial charge < -0.3 is 14.2 Å². The number of benzene rings is 2. The molecule has 0 unspecified atom stereocenters. The van der Waals surface area contributed by atoms with E-state index in [1.807, 2.05) is 18.2 Å². The van der Waals surface area contributed by atoms with Crippen molar-refractivity contribution in [2.45, 2.75) is 16.5 Å². The number of oxazole rings is 1. The molecule has 0 aliphatic heterocycles. The average molecular weight is 459 g/mol. The van der Waals surface area contributed by atoms with Gasteiger partial charge in [-0.3, -0.25) is 0 Å². The molecule has 0 saturated heterocycles. The molecule has 28 heavy (non-hydrogen) atoms. The molecule has 0 atom stereocenters. The highest BCUT2D eigenvalue weighted by atomic mass is 79.9. The molecule has 4 rings (SSSR count). The molecule has 142 valence electrons. The minimum Gasteiger partial charge on any atom is -0.467 e. The van der Waals surface area contributed by atoms with E-state index in [2.05, 4.69) is 26.2 Å². The van der Waals surface area contributed by atoms with E-state index in [9.17, 15) is 8.42 Å². The molecule has 2 aromatic carbocycles. The van der Waals surface area contributed by atoms with Gasteiger partial charge in [-0.15, -0.1) is 0 Å². The maximum atomic E-state index is 13.2. The normalized spacial score (nSPS) is 11.5. The minimum atomic E-state index is -3.88. The minimum absolute atomic E-state index is 0.0678. The summed E-state index contributed by atoms with van der Waals surface area (Å²) in [7, 11) is -3.88. The summed E-state index contributed by atoms with van der Waals surface area (Å²) >= 11 is 3.31. The van der Waals surface area contributed by atoms with Crippen molar-refractivity contribution in [3.8, 4) is 11.5 Å². The zero-order valence-corrected chi connectivity index (χ0v) is 16.9. The van der Waals surface area contributed by atoms with Crippen LogP contribution in [0.5, 0.6) is 0 Å². The van der Waals surface area contributed by atoms with Crippen LogP contribution in [0, 0.1) is 0 Å². The SMILES string of the molecule is O=S(=O)(c1ccc(Br)cc1)c1nc(-c2ccccc2)oc1NCc1ccco1. The fourth-order valence-electron chi connectivity index (χ4n) is 2.61. The van der Waals surface area contributed by atoms with Gasteiger partial charge in [-0.2, -0.15) is 4.98 Å². The Morgan fingerprint density at radius 2 is 1.71 bits per heavy atom. The predicted molar refractivity (Wildman–Crippen MR) is 108 cm³/mol. The summed E-state index contributed by atoms with van der Waals surface area (Å²) in [6.45, 7) is 0.263. The van der Waals surface area contributed by atoms with Crippen LogP contribution < -0.4 is 5.32 Å². The van der Waals surface area contributed by atoms with E-state index in [-0.39, 0.29) is 28.2 Å². The molecule has 0 aliphatic rings. The summed E-state index contributed by atoms with van der Waals surface area (Å²) < 4.78 is 38.2. The van der Waals surface area contributed by atoms with Crippen molar-refractivity contribution in [2.75, 3.05) is 5.32 Å². The van der Waals surface area contributed by atoms with Gasteiger partial charge in [0.2, 0.25) is 26.6 Å². The maximum Gasteiger partial charge on any atom is 0.234 e. The Kier molecular flexibility index (Phi) is 5.06. The van der Waals surface area contributed by atoms with Crippen LogP contribution in [0.3, 0.4) is 0 Å². The Morgan fingerprint density at radius 1 is 0.964 bits per heavy atom. The molecule has 4 aromatic rings. The summed E-state index contributed by atoms with van der Waals surface area (Å²) in [6.07, 6.45) is 1.55. The van der Waals surface area contributed by atoms with E-state index >= 15 is 0 Å². The summed E-state index contributed by atoms with van der Waals surface area (Å²) in [6, 6.07) is 19.0. The molecule has 0 bridgehead atoms. The molecular formula is C20H15BrN2O4S. The number of nitrogens with one attached hydrogen (secondary N) is 1. The van der Waals surface area contributed by atoms with Crippen molar-refractivity contribution in [1.82, 2.24) is 4.98 Å².